The lowest BCUT2D eigenvalue weighted by molar-refractivity contribution is 0.0398. The van der Waals surface area contributed by atoms with Gasteiger partial charge in [0.2, 0.25) is 0 Å². The third-order valence-corrected chi connectivity index (χ3v) is 4.43. The van der Waals surface area contributed by atoms with E-state index in [1.807, 2.05) is 0 Å². The van der Waals surface area contributed by atoms with Gasteiger partial charge in [-0.05, 0) is 36.4 Å². The number of nitrogens with one attached hydrogen (secondary N) is 2. The number of hydrogen-bond acceptors (Lipinski definition) is 7. The molecule has 28 heavy (non-hydrogen) atoms. The van der Waals surface area contributed by atoms with Crippen LogP contribution in [0.2, 0.25) is 0 Å². The molecule has 3 rings (SSSR count). The Morgan fingerprint density at radius 1 is 1.11 bits per heavy atom. The van der Waals surface area contributed by atoms with Gasteiger partial charge in [-0.1, -0.05) is 0 Å². The number of nitrogens with zero attached hydrogens (tertiary/aromatic N) is 2. The number of benzene rings is 1. The standard InChI is InChI=1S/C20H24N4O4/c1-27-20(26)15-2-5-17(6-3-15)23-19(25)16-4-7-18(22-14-16)21-8-9-24-10-12-28-13-11-24/h2-7,14H,8-13H2,1H3,(H,21,22)(H,23,25). The number of rotatable bonds is 7. The molecule has 8 heteroatoms. The summed E-state index contributed by atoms with van der Waals surface area (Å²) >= 11 is 0. The van der Waals surface area contributed by atoms with Crippen molar-refractivity contribution in [2.75, 3.05) is 57.1 Å². The molecular weight excluding hydrogens is 360 g/mol. The summed E-state index contributed by atoms with van der Waals surface area (Å²) in [5.41, 5.74) is 1.47. The third-order valence-electron chi connectivity index (χ3n) is 4.43. The number of aromatic nitrogens is 1. The first-order valence-electron chi connectivity index (χ1n) is 9.15. The molecule has 148 valence electrons. The number of ether oxygens (including phenoxy) is 2. The number of carbonyl (C=O) groups excluding carboxylic acids is 2. The van der Waals surface area contributed by atoms with Gasteiger partial charge >= 0.3 is 5.97 Å². The van der Waals surface area contributed by atoms with Gasteiger partial charge in [0.25, 0.3) is 5.91 Å². The minimum Gasteiger partial charge on any atom is -0.465 e. The number of pyridine rings is 1. The predicted octanol–water partition coefficient (Wildman–Crippen LogP) is 1.86. The Bertz CT molecular complexity index is 787. The van der Waals surface area contributed by atoms with Crippen LogP contribution in [0.5, 0.6) is 0 Å². The van der Waals surface area contributed by atoms with Crippen LogP contribution in [-0.4, -0.2) is 68.3 Å². The quantitative estimate of drug-likeness (QED) is 0.704. The van der Waals surface area contributed by atoms with E-state index in [-0.39, 0.29) is 5.91 Å². The van der Waals surface area contributed by atoms with E-state index in [1.54, 1.807) is 36.4 Å². The number of esters is 1. The van der Waals surface area contributed by atoms with E-state index in [2.05, 4.69) is 25.3 Å². The summed E-state index contributed by atoms with van der Waals surface area (Å²) in [7, 11) is 1.33. The second-order valence-electron chi connectivity index (χ2n) is 6.34. The maximum absolute atomic E-state index is 12.3. The number of methoxy groups -OCH3 is 1. The lowest BCUT2D eigenvalue weighted by atomic mass is 10.2. The lowest BCUT2D eigenvalue weighted by Gasteiger charge is -2.26. The van der Waals surface area contributed by atoms with E-state index >= 15 is 0 Å². The first kappa shape index (κ1) is 19.8. The first-order chi connectivity index (χ1) is 13.7. The SMILES string of the molecule is COC(=O)c1ccc(NC(=O)c2ccc(NCCN3CCOCC3)nc2)cc1. The van der Waals surface area contributed by atoms with Crippen molar-refractivity contribution >= 4 is 23.4 Å². The molecule has 1 aliphatic rings. The van der Waals surface area contributed by atoms with Crippen LogP contribution in [0.15, 0.2) is 42.6 Å². The lowest BCUT2D eigenvalue weighted by Crippen LogP contribution is -2.39. The Morgan fingerprint density at radius 3 is 2.46 bits per heavy atom. The Hall–Kier alpha value is -2.97. The van der Waals surface area contributed by atoms with Crippen molar-refractivity contribution in [3.05, 3.63) is 53.7 Å². The number of amides is 1. The van der Waals surface area contributed by atoms with Crippen LogP contribution in [0.4, 0.5) is 11.5 Å². The second-order valence-corrected chi connectivity index (χ2v) is 6.34. The highest BCUT2D eigenvalue weighted by molar-refractivity contribution is 6.04. The first-order valence-corrected chi connectivity index (χ1v) is 9.15. The van der Waals surface area contributed by atoms with Crippen LogP contribution in [0.25, 0.3) is 0 Å². The molecule has 1 amide bonds. The minimum atomic E-state index is -0.418. The van der Waals surface area contributed by atoms with Gasteiger partial charge < -0.3 is 20.1 Å². The molecule has 0 atom stereocenters. The summed E-state index contributed by atoms with van der Waals surface area (Å²) in [6.07, 6.45) is 1.54. The summed E-state index contributed by atoms with van der Waals surface area (Å²) in [5, 5.41) is 6.04. The fourth-order valence-corrected chi connectivity index (χ4v) is 2.81. The van der Waals surface area contributed by atoms with Gasteiger partial charge in [-0.15, -0.1) is 0 Å². The normalized spacial score (nSPS) is 14.3. The minimum absolute atomic E-state index is 0.266. The molecule has 1 saturated heterocycles. The van der Waals surface area contributed by atoms with Crippen LogP contribution in [0.3, 0.4) is 0 Å². The summed E-state index contributed by atoms with van der Waals surface area (Å²) in [4.78, 5) is 30.4. The average molecular weight is 384 g/mol. The van der Waals surface area contributed by atoms with Crippen LogP contribution in [0, 0.1) is 0 Å². The molecule has 1 aromatic carbocycles. The Kier molecular flexibility index (Phi) is 6.94. The topological polar surface area (TPSA) is 92.8 Å². The zero-order valence-corrected chi connectivity index (χ0v) is 15.8. The number of hydrogen-bond donors (Lipinski definition) is 2. The molecule has 2 heterocycles. The van der Waals surface area contributed by atoms with Gasteiger partial charge in [-0.25, -0.2) is 9.78 Å². The maximum atomic E-state index is 12.3. The van der Waals surface area contributed by atoms with Gasteiger partial charge in [-0.3, -0.25) is 9.69 Å². The molecule has 0 saturated carbocycles. The fraction of sp³-hybridized carbons (Fsp3) is 0.350. The molecular formula is C20H24N4O4. The highest BCUT2D eigenvalue weighted by atomic mass is 16.5. The van der Waals surface area contributed by atoms with Crippen molar-refractivity contribution in [3.63, 3.8) is 0 Å². The summed E-state index contributed by atoms with van der Waals surface area (Å²) < 4.78 is 9.98. The Balaban J connectivity index is 1.48. The Labute approximate surface area is 163 Å². The van der Waals surface area contributed by atoms with Crippen molar-refractivity contribution in [3.8, 4) is 0 Å². The molecule has 0 aliphatic carbocycles. The van der Waals surface area contributed by atoms with E-state index < -0.39 is 5.97 Å². The van der Waals surface area contributed by atoms with Crippen LogP contribution in [0.1, 0.15) is 20.7 Å². The molecule has 1 aromatic heterocycles. The predicted molar refractivity (Wildman–Crippen MR) is 106 cm³/mol. The maximum Gasteiger partial charge on any atom is 0.337 e. The number of anilines is 2. The molecule has 0 bridgehead atoms. The van der Waals surface area contributed by atoms with Gasteiger partial charge in [0.05, 0.1) is 31.5 Å². The molecule has 0 spiro atoms. The van der Waals surface area contributed by atoms with E-state index in [1.165, 1.54) is 13.3 Å². The fourth-order valence-electron chi connectivity index (χ4n) is 2.81. The molecule has 2 aromatic rings. The molecule has 1 aliphatic heterocycles. The Morgan fingerprint density at radius 2 is 1.82 bits per heavy atom. The van der Waals surface area contributed by atoms with Crippen molar-refractivity contribution in [2.24, 2.45) is 0 Å². The third kappa shape index (κ3) is 5.51. The van der Waals surface area contributed by atoms with Crippen LogP contribution in [-0.2, 0) is 9.47 Å². The molecule has 8 nitrogen and oxygen atoms in total. The monoisotopic (exact) mass is 384 g/mol. The molecule has 2 N–H and O–H groups in total. The van der Waals surface area contributed by atoms with E-state index in [9.17, 15) is 9.59 Å². The largest absolute Gasteiger partial charge is 0.465 e. The summed E-state index contributed by atoms with van der Waals surface area (Å²) in [6, 6.07) is 10.0. The summed E-state index contributed by atoms with van der Waals surface area (Å²) in [6.45, 7) is 5.19. The number of morpholine rings is 1. The van der Waals surface area contributed by atoms with Crippen molar-refractivity contribution in [1.82, 2.24) is 9.88 Å². The van der Waals surface area contributed by atoms with Gasteiger partial charge in [0.15, 0.2) is 0 Å². The van der Waals surface area contributed by atoms with Crippen LogP contribution < -0.4 is 10.6 Å². The van der Waals surface area contributed by atoms with Gasteiger partial charge in [0, 0.05) is 38.1 Å². The zero-order valence-electron chi connectivity index (χ0n) is 15.8. The smallest absolute Gasteiger partial charge is 0.337 e. The summed E-state index contributed by atoms with van der Waals surface area (Å²) in [5.74, 6) is 0.0456. The van der Waals surface area contributed by atoms with Crippen LogP contribution >= 0.6 is 0 Å². The van der Waals surface area contributed by atoms with Crippen molar-refractivity contribution in [2.45, 2.75) is 0 Å². The van der Waals surface area contributed by atoms with E-state index in [0.717, 1.165) is 45.2 Å². The molecule has 0 unspecified atom stereocenters. The molecule has 0 radical (unpaired) electrons. The average Bonchev–Trinajstić information content (AvgIpc) is 2.75. The second kappa shape index (κ2) is 9.82. The van der Waals surface area contributed by atoms with Gasteiger partial charge in [-0.2, -0.15) is 0 Å². The number of carbonyl (C=O) groups is 2. The van der Waals surface area contributed by atoms with E-state index in [0.29, 0.717) is 16.8 Å². The van der Waals surface area contributed by atoms with E-state index in [4.69, 9.17) is 4.74 Å². The van der Waals surface area contributed by atoms with Gasteiger partial charge in [0.1, 0.15) is 5.82 Å². The molecule has 1 fully saturated rings. The highest BCUT2D eigenvalue weighted by Crippen LogP contribution is 2.13. The zero-order chi connectivity index (χ0) is 19.8. The highest BCUT2D eigenvalue weighted by Gasteiger charge is 2.11. The van der Waals surface area contributed by atoms with Crippen molar-refractivity contribution < 1.29 is 19.1 Å². The van der Waals surface area contributed by atoms with Crippen molar-refractivity contribution in [1.29, 1.82) is 0 Å².